The molecule has 0 spiro atoms. The standard InChI is InChI=1S/C21H27F2N5O4/c1-3-5-28(6-7-29)21(32)17-12-18(27-26-17)25-20(31)16(4-2)24-19(30)10-13-8-14(22)11-15(23)9-13/h8-9,11-12,16,29H,3-7,10H2,1-2H3,(H,24,30)(H2,25,26,27,31). The number of aliphatic hydroxyl groups is 1. The Kier molecular flexibility index (Phi) is 9.26. The molecule has 1 aromatic carbocycles. The molecule has 2 rings (SSSR count). The lowest BCUT2D eigenvalue weighted by molar-refractivity contribution is -0.126. The molecule has 32 heavy (non-hydrogen) atoms. The Morgan fingerprint density at radius 2 is 1.81 bits per heavy atom. The van der Waals surface area contributed by atoms with Crippen molar-refractivity contribution >= 4 is 23.5 Å². The van der Waals surface area contributed by atoms with Crippen LogP contribution in [0.25, 0.3) is 0 Å². The third kappa shape index (κ3) is 7.12. The summed E-state index contributed by atoms with van der Waals surface area (Å²) in [4.78, 5) is 38.7. The number of carbonyl (C=O) groups is 3. The van der Waals surface area contributed by atoms with Crippen LogP contribution in [0.4, 0.5) is 14.6 Å². The highest BCUT2D eigenvalue weighted by molar-refractivity contribution is 5.98. The number of amides is 3. The van der Waals surface area contributed by atoms with Gasteiger partial charge < -0.3 is 20.6 Å². The average molecular weight is 451 g/mol. The molecule has 0 bridgehead atoms. The van der Waals surface area contributed by atoms with E-state index in [1.54, 1.807) is 6.92 Å². The van der Waals surface area contributed by atoms with Crippen LogP contribution in [-0.4, -0.2) is 63.7 Å². The Balaban J connectivity index is 1.98. The van der Waals surface area contributed by atoms with Crippen molar-refractivity contribution in [3.63, 3.8) is 0 Å². The topological polar surface area (TPSA) is 127 Å². The number of rotatable bonds is 11. The summed E-state index contributed by atoms with van der Waals surface area (Å²) in [6, 6.07) is 3.25. The van der Waals surface area contributed by atoms with E-state index in [4.69, 9.17) is 5.11 Å². The van der Waals surface area contributed by atoms with Gasteiger partial charge >= 0.3 is 0 Å². The first-order chi connectivity index (χ1) is 15.3. The van der Waals surface area contributed by atoms with Gasteiger partial charge in [-0.1, -0.05) is 13.8 Å². The number of aromatic amines is 1. The van der Waals surface area contributed by atoms with Gasteiger partial charge in [0, 0.05) is 25.2 Å². The fourth-order valence-electron chi connectivity index (χ4n) is 3.08. The van der Waals surface area contributed by atoms with Crippen molar-refractivity contribution in [3.8, 4) is 0 Å². The van der Waals surface area contributed by atoms with Gasteiger partial charge in [-0.05, 0) is 30.5 Å². The van der Waals surface area contributed by atoms with Crippen LogP contribution in [-0.2, 0) is 16.0 Å². The molecule has 0 aliphatic rings. The van der Waals surface area contributed by atoms with Crippen molar-refractivity contribution in [1.82, 2.24) is 20.4 Å². The molecule has 11 heteroatoms. The second-order valence-electron chi connectivity index (χ2n) is 7.15. The molecule has 1 aromatic heterocycles. The summed E-state index contributed by atoms with van der Waals surface area (Å²) in [6.45, 7) is 4.04. The zero-order valence-electron chi connectivity index (χ0n) is 18.0. The normalized spacial score (nSPS) is 11.7. The van der Waals surface area contributed by atoms with Gasteiger partial charge in [0.15, 0.2) is 5.82 Å². The number of hydrogen-bond acceptors (Lipinski definition) is 5. The maximum atomic E-state index is 13.3. The van der Waals surface area contributed by atoms with E-state index in [2.05, 4.69) is 20.8 Å². The van der Waals surface area contributed by atoms with E-state index in [1.807, 2.05) is 6.92 Å². The Morgan fingerprint density at radius 1 is 1.12 bits per heavy atom. The first kappa shape index (κ1) is 24.9. The summed E-state index contributed by atoms with van der Waals surface area (Å²) in [7, 11) is 0. The summed E-state index contributed by atoms with van der Waals surface area (Å²) in [6.07, 6.45) is 0.674. The minimum Gasteiger partial charge on any atom is -0.395 e. The summed E-state index contributed by atoms with van der Waals surface area (Å²) in [5.74, 6) is -2.99. The van der Waals surface area contributed by atoms with Gasteiger partial charge in [0.25, 0.3) is 5.91 Å². The first-order valence-corrected chi connectivity index (χ1v) is 10.3. The molecule has 0 fully saturated rings. The van der Waals surface area contributed by atoms with Gasteiger partial charge in [-0.3, -0.25) is 19.5 Å². The van der Waals surface area contributed by atoms with Crippen LogP contribution in [0, 0.1) is 11.6 Å². The zero-order valence-corrected chi connectivity index (χ0v) is 18.0. The van der Waals surface area contributed by atoms with Crippen LogP contribution in [0.15, 0.2) is 24.3 Å². The monoisotopic (exact) mass is 451 g/mol. The summed E-state index contributed by atoms with van der Waals surface area (Å²) >= 11 is 0. The molecule has 9 nitrogen and oxygen atoms in total. The number of benzene rings is 1. The van der Waals surface area contributed by atoms with Gasteiger partial charge in [0.05, 0.1) is 13.0 Å². The smallest absolute Gasteiger partial charge is 0.272 e. The summed E-state index contributed by atoms with van der Waals surface area (Å²) in [5.41, 5.74) is 0.289. The van der Waals surface area contributed by atoms with Gasteiger partial charge in [0.1, 0.15) is 23.4 Å². The van der Waals surface area contributed by atoms with E-state index in [0.29, 0.717) is 19.0 Å². The van der Waals surface area contributed by atoms with Crippen molar-refractivity contribution in [2.24, 2.45) is 0 Å². The van der Waals surface area contributed by atoms with Crippen LogP contribution in [0.3, 0.4) is 0 Å². The third-order valence-corrected chi connectivity index (χ3v) is 4.56. The first-order valence-electron chi connectivity index (χ1n) is 10.3. The number of carbonyl (C=O) groups excluding carboxylic acids is 3. The second kappa shape index (κ2) is 11.9. The maximum Gasteiger partial charge on any atom is 0.272 e. The maximum absolute atomic E-state index is 13.3. The van der Waals surface area contributed by atoms with E-state index in [-0.39, 0.29) is 49.0 Å². The lowest BCUT2D eigenvalue weighted by Crippen LogP contribution is -2.44. The van der Waals surface area contributed by atoms with Crippen molar-refractivity contribution in [1.29, 1.82) is 0 Å². The van der Waals surface area contributed by atoms with Crippen molar-refractivity contribution < 1.29 is 28.3 Å². The molecule has 1 heterocycles. The summed E-state index contributed by atoms with van der Waals surface area (Å²) in [5, 5.41) is 20.6. The van der Waals surface area contributed by atoms with E-state index >= 15 is 0 Å². The fourth-order valence-corrected chi connectivity index (χ4v) is 3.08. The number of hydrogen-bond donors (Lipinski definition) is 4. The Hall–Kier alpha value is -3.34. The van der Waals surface area contributed by atoms with Crippen molar-refractivity contribution in [2.75, 3.05) is 25.0 Å². The minimum atomic E-state index is -0.914. The Morgan fingerprint density at radius 3 is 2.41 bits per heavy atom. The molecule has 3 amide bonds. The lowest BCUT2D eigenvalue weighted by Gasteiger charge is -2.19. The highest BCUT2D eigenvalue weighted by Crippen LogP contribution is 2.11. The number of anilines is 1. The molecule has 174 valence electrons. The molecular weight excluding hydrogens is 424 g/mol. The second-order valence-corrected chi connectivity index (χ2v) is 7.15. The number of halogens is 2. The molecule has 1 unspecified atom stereocenters. The predicted molar refractivity (Wildman–Crippen MR) is 113 cm³/mol. The SMILES string of the molecule is CCCN(CCO)C(=O)c1cc(NC(=O)C(CC)NC(=O)Cc2cc(F)cc(F)c2)n[nH]1. The molecular formula is C21H27F2N5O4. The van der Waals surface area contributed by atoms with Crippen LogP contribution < -0.4 is 10.6 Å². The number of nitrogens with zero attached hydrogens (tertiary/aromatic N) is 2. The molecule has 0 saturated heterocycles. The van der Waals surface area contributed by atoms with Crippen LogP contribution >= 0.6 is 0 Å². The quantitative estimate of drug-likeness (QED) is 0.413. The van der Waals surface area contributed by atoms with Crippen LogP contribution in [0.5, 0.6) is 0 Å². The van der Waals surface area contributed by atoms with E-state index in [0.717, 1.165) is 12.1 Å². The van der Waals surface area contributed by atoms with Gasteiger partial charge in [-0.15, -0.1) is 0 Å². The zero-order chi connectivity index (χ0) is 23.7. The Labute approximate surface area is 184 Å². The van der Waals surface area contributed by atoms with Crippen LogP contribution in [0.1, 0.15) is 42.7 Å². The molecule has 4 N–H and O–H groups in total. The number of H-pyrrole nitrogens is 1. The van der Waals surface area contributed by atoms with Gasteiger partial charge in [-0.25, -0.2) is 8.78 Å². The highest BCUT2D eigenvalue weighted by atomic mass is 19.1. The van der Waals surface area contributed by atoms with Gasteiger partial charge in [0.2, 0.25) is 11.8 Å². The fraction of sp³-hybridized carbons (Fsp3) is 0.429. The molecule has 1 atom stereocenters. The molecule has 0 saturated carbocycles. The van der Waals surface area contributed by atoms with Crippen molar-refractivity contribution in [2.45, 2.75) is 39.2 Å². The predicted octanol–water partition coefficient (Wildman–Crippen LogP) is 1.61. The number of nitrogens with one attached hydrogen (secondary N) is 3. The minimum absolute atomic E-state index is 0.0960. The molecule has 0 radical (unpaired) electrons. The lowest BCUT2D eigenvalue weighted by atomic mass is 10.1. The average Bonchev–Trinajstić information content (AvgIpc) is 3.18. The van der Waals surface area contributed by atoms with E-state index in [1.165, 1.54) is 11.0 Å². The van der Waals surface area contributed by atoms with Gasteiger partial charge in [-0.2, -0.15) is 5.10 Å². The van der Waals surface area contributed by atoms with E-state index < -0.39 is 29.5 Å². The largest absolute Gasteiger partial charge is 0.395 e. The number of aromatic nitrogens is 2. The molecule has 0 aliphatic carbocycles. The Bertz CT molecular complexity index is 924. The van der Waals surface area contributed by atoms with Crippen molar-refractivity contribution in [3.05, 3.63) is 47.2 Å². The van der Waals surface area contributed by atoms with Crippen LogP contribution in [0.2, 0.25) is 0 Å². The molecule has 0 aliphatic heterocycles. The molecule has 2 aromatic rings. The number of aliphatic hydroxyl groups excluding tert-OH is 1. The van der Waals surface area contributed by atoms with E-state index in [9.17, 15) is 23.2 Å². The highest BCUT2D eigenvalue weighted by Gasteiger charge is 2.22. The third-order valence-electron chi connectivity index (χ3n) is 4.56. The summed E-state index contributed by atoms with van der Waals surface area (Å²) < 4.78 is 26.6.